The molecule has 38 heavy (non-hydrogen) atoms. The Morgan fingerprint density at radius 2 is 1.24 bits per heavy atom. The molecule has 0 spiro atoms. The SMILES string of the molecule is C.CN1CC2CCN(C(C)(C)C)C2C1.CN1CC2CN(C(C)(C)C)CC2C1.C[N-]CC1CN(C(C)C)C1.[Rb+]. The molecule has 0 aromatic rings. The predicted molar refractivity (Wildman–Crippen MR) is 163 cm³/mol. The van der Waals surface area contributed by atoms with Crippen LogP contribution in [0.15, 0.2) is 0 Å². The van der Waals surface area contributed by atoms with Crippen molar-refractivity contribution < 1.29 is 58.2 Å². The standard InChI is InChI=1S/2C11H22N2.C8H17N2.CH4.Rb/c1-11(2,3)13-7-9-5-12(4)6-10(9)8-13;1-11(2,3)13-6-5-9-7-12(4)8-10(9)13;1-7(2)10-5-8(6-10)4-9-3;;/h2*9-10H,5-8H2,1-4H3;7-8H,4-6H2,1-3H3;1H4;/q;;-1;;+1. The Hall–Kier alpha value is 1.57. The van der Waals surface area contributed by atoms with Crippen LogP contribution in [0.25, 0.3) is 5.32 Å². The first-order chi connectivity index (χ1) is 16.7. The minimum atomic E-state index is 0. The zero-order valence-corrected chi connectivity index (χ0v) is 31.8. The van der Waals surface area contributed by atoms with Gasteiger partial charge >= 0.3 is 58.2 Å². The maximum Gasteiger partial charge on any atom is 1.00 e. The molecule has 5 saturated heterocycles. The molecule has 5 aliphatic rings. The third-order valence-electron chi connectivity index (χ3n) is 9.37. The fourth-order valence-electron chi connectivity index (χ4n) is 7.19. The van der Waals surface area contributed by atoms with Gasteiger partial charge in [-0.25, -0.2) is 0 Å². The molecule has 220 valence electrons. The quantitative estimate of drug-likeness (QED) is 0.488. The number of likely N-dealkylation sites (tertiary alicyclic amines) is 5. The van der Waals surface area contributed by atoms with E-state index in [1.165, 1.54) is 65.3 Å². The van der Waals surface area contributed by atoms with Crippen LogP contribution in [-0.2, 0) is 0 Å². The van der Waals surface area contributed by atoms with E-state index in [2.05, 4.69) is 99.3 Å². The average molecular weight is 607 g/mol. The second-order valence-corrected chi connectivity index (χ2v) is 14.9. The van der Waals surface area contributed by atoms with Crippen LogP contribution in [0.2, 0.25) is 0 Å². The molecule has 0 aromatic heterocycles. The molecule has 7 heteroatoms. The van der Waals surface area contributed by atoms with Gasteiger partial charge in [-0.05, 0) is 106 Å². The molecule has 5 fully saturated rings. The molecule has 0 aromatic carbocycles. The summed E-state index contributed by atoms with van der Waals surface area (Å²) in [7, 11) is 6.40. The first-order valence-electron chi connectivity index (χ1n) is 14.9. The van der Waals surface area contributed by atoms with E-state index in [-0.39, 0.29) is 65.6 Å². The Bertz CT molecular complexity index is 654. The van der Waals surface area contributed by atoms with Crippen LogP contribution < -0.4 is 58.2 Å². The normalized spacial score (nSPS) is 30.9. The maximum absolute atomic E-state index is 4.12. The number of likely N-dealkylation sites (N-methyl/N-ethyl adjacent to an activating group) is 1. The topological polar surface area (TPSA) is 30.3 Å². The Kier molecular flexibility index (Phi) is 15.7. The van der Waals surface area contributed by atoms with Gasteiger partial charge in [0.15, 0.2) is 0 Å². The Morgan fingerprint density at radius 3 is 1.68 bits per heavy atom. The molecular weight excluding hydrogens is 542 g/mol. The Balaban J connectivity index is 0.000000281. The second kappa shape index (κ2) is 15.9. The summed E-state index contributed by atoms with van der Waals surface area (Å²) < 4.78 is 0. The summed E-state index contributed by atoms with van der Waals surface area (Å²) >= 11 is 0. The van der Waals surface area contributed by atoms with Crippen molar-refractivity contribution in [2.24, 2.45) is 23.7 Å². The van der Waals surface area contributed by atoms with Crippen molar-refractivity contribution in [1.82, 2.24) is 24.5 Å². The van der Waals surface area contributed by atoms with Gasteiger partial charge in [-0.2, -0.15) is 7.05 Å². The molecule has 0 N–H and O–H groups in total. The molecule has 4 unspecified atom stereocenters. The third kappa shape index (κ3) is 10.4. The summed E-state index contributed by atoms with van der Waals surface area (Å²) in [6.07, 6.45) is 1.41. The summed E-state index contributed by atoms with van der Waals surface area (Å²) in [5.74, 6) is 3.70. The van der Waals surface area contributed by atoms with Crippen LogP contribution in [0.1, 0.15) is 69.2 Å². The summed E-state index contributed by atoms with van der Waals surface area (Å²) in [5.41, 5.74) is 0.744. The molecule has 0 bridgehead atoms. The number of hydrogen-bond acceptors (Lipinski definition) is 5. The van der Waals surface area contributed by atoms with Gasteiger partial charge in [-0.1, -0.05) is 7.43 Å². The van der Waals surface area contributed by atoms with Gasteiger partial charge in [0, 0.05) is 75.5 Å². The number of nitrogens with zero attached hydrogens (tertiary/aromatic N) is 6. The average Bonchev–Trinajstić information content (AvgIpc) is 3.43. The summed E-state index contributed by atoms with van der Waals surface area (Å²) in [5, 5.41) is 4.12. The zero-order chi connectivity index (χ0) is 26.8. The molecule has 0 saturated carbocycles. The minimum absolute atomic E-state index is 0. The largest absolute Gasteiger partial charge is 1.00 e. The number of rotatable bonds is 3. The van der Waals surface area contributed by atoms with E-state index in [4.69, 9.17) is 0 Å². The number of fused-ring (bicyclic) bond motifs is 2. The molecule has 0 amide bonds. The van der Waals surface area contributed by atoms with Crippen molar-refractivity contribution >= 4 is 0 Å². The fourth-order valence-corrected chi connectivity index (χ4v) is 7.19. The Morgan fingerprint density at radius 1 is 0.737 bits per heavy atom. The molecule has 0 radical (unpaired) electrons. The molecule has 5 aliphatic heterocycles. The van der Waals surface area contributed by atoms with Gasteiger partial charge in [-0.3, -0.25) is 9.80 Å². The molecule has 5 heterocycles. The van der Waals surface area contributed by atoms with Crippen LogP contribution in [-0.4, -0.2) is 134 Å². The van der Waals surface area contributed by atoms with Gasteiger partial charge in [0.2, 0.25) is 0 Å². The predicted octanol–water partition coefficient (Wildman–Crippen LogP) is 1.67. The first kappa shape index (κ1) is 37.6. The van der Waals surface area contributed by atoms with E-state index in [0.29, 0.717) is 11.1 Å². The monoisotopic (exact) mass is 606 g/mol. The summed E-state index contributed by atoms with van der Waals surface area (Å²) in [6.45, 7) is 31.3. The third-order valence-corrected chi connectivity index (χ3v) is 9.37. The minimum Gasteiger partial charge on any atom is -0.665 e. The van der Waals surface area contributed by atoms with Gasteiger partial charge in [0.05, 0.1) is 0 Å². The van der Waals surface area contributed by atoms with E-state index >= 15 is 0 Å². The van der Waals surface area contributed by atoms with Crippen LogP contribution in [0, 0.1) is 23.7 Å². The zero-order valence-electron chi connectivity index (χ0n) is 26.9. The van der Waals surface area contributed by atoms with Gasteiger partial charge in [0.25, 0.3) is 0 Å². The van der Waals surface area contributed by atoms with Crippen molar-refractivity contribution in [2.75, 3.05) is 86.6 Å². The van der Waals surface area contributed by atoms with E-state index in [1.54, 1.807) is 0 Å². The van der Waals surface area contributed by atoms with E-state index in [0.717, 1.165) is 42.3 Å². The fraction of sp³-hybridized carbons (Fsp3) is 1.00. The smallest absolute Gasteiger partial charge is 0.665 e. The second-order valence-electron chi connectivity index (χ2n) is 14.9. The summed E-state index contributed by atoms with van der Waals surface area (Å²) in [6, 6.07) is 1.57. The van der Waals surface area contributed by atoms with E-state index < -0.39 is 0 Å². The van der Waals surface area contributed by atoms with Crippen molar-refractivity contribution in [3.8, 4) is 0 Å². The molecule has 0 aliphatic carbocycles. The van der Waals surface area contributed by atoms with Crippen LogP contribution in [0.3, 0.4) is 0 Å². The van der Waals surface area contributed by atoms with E-state index in [9.17, 15) is 0 Å². The van der Waals surface area contributed by atoms with Crippen molar-refractivity contribution in [1.29, 1.82) is 0 Å². The van der Waals surface area contributed by atoms with Crippen molar-refractivity contribution in [3.05, 3.63) is 5.32 Å². The molecule has 6 nitrogen and oxygen atoms in total. The van der Waals surface area contributed by atoms with Gasteiger partial charge in [0.1, 0.15) is 0 Å². The van der Waals surface area contributed by atoms with Crippen LogP contribution in [0.5, 0.6) is 0 Å². The molecule has 5 rings (SSSR count). The van der Waals surface area contributed by atoms with Gasteiger partial charge < -0.3 is 20.0 Å². The number of hydrogen-bond donors (Lipinski definition) is 0. The molecule has 4 atom stereocenters. The van der Waals surface area contributed by atoms with Crippen LogP contribution in [0.4, 0.5) is 0 Å². The van der Waals surface area contributed by atoms with E-state index in [1.807, 2.05) is 7.05 Å². The van der Waals surface area contributed by atoms with Crippen molar-refractivity contribution in [2.45, 2.75) is 92.4 Å². The van der Waals surface area contributed by atoms with Gasteiger partial charge in [-0.15, -0.1) is 6.54 Å². The maximum atomic E-state index is 4.12. The molecular formula is C31H65N6Rb. The summed E-state index contributed by atoms with van der Waals surface area (Å²) in [4.78, 5) is 12.8. The first-order valence-corrected chi connectivity index (χ1v) is 14.9. The van der Waals surface area contributed by atoms with Crippen LogP contribution >= 0.6 is 0 Å². The van der Waals surface area contributed by atoms with Crippen molar-refractivity contribution in [3.63, 3.8) is 0 Å². The Labute approximate surface area is 287 Å².